The lowest BCUT2D eigenvalue weighted by Crippen LogP contribution is -2.19. The third-order valence-corrected chi connectivity index (χ3v) is 6.79. The van der Waals surface area contributed by atoms with Crippen LogP contribution >= 0.6 is 24.0 Å². The molecule has 37 heavy (non-hydrogen) atoms. The predicted molar refractivity (Wildman–Crippen MR) is 156 cm³/mol. The quantitative estimate of drug-likeness (QED) is 0.159. The van der Waals surface area contributed by atoms with Crippen molar-refractivity contribution in [2.75, 3.05) is 30.2 Å². The minimum atomic E-state index is -0.497. The van der Waals surface area contributed by atoms with Gasteiger partial charge in [-0.2, -0.15) is 0 Å². The van der Waals surface area contributed by atoms with Gasteiger partial charge >= 0.3 is 0 Å². The highest BCUT2D eigenvalue weighted by molar-refractivity contribution is 8.00. The number of nitrogens with one attached hydrogen (secondary N) is 3. The summed E-state index contributed by atoms with van der Waals surface area (Å²) in [5.74, 6) is 1.03. The van der Waals surface area contributed by atoms with E-state index in [1.165, 1.54) is 11.8 Å². The number of carbonyl (C=O) groups excluding carboxylic acids is 1. The summed E-state index contributed by atoms with van der Waals surface area (Å²) < 4.78 is 10.7. The van der Waals surface area contributed by atoms with E-state index >= 15 is 0 Å². The summed E-state index contributed by atoms with van der Waals surface area (Å²) in [5.41, 5.74) is 3.21. The fraction of sp³-hybridized carbons (Fsp3) is 0.103. The normalized spacial score (nSPS) is 11.2. The number of benzene rings is 4. The van der Waals surface area contributed by atoms with Crippen molar-refractivity contribution in [1.29, 1.82) is 0 Å². The molecule has 0 saturated carbocycles. The number of hydrogen-bond acceptors (Lipinski definition) is 5. The van der Waals surface area contributed by atoms with E-state index in [0.29, 0.717) is 22.3 Å². The Bertz CT molecular complexity index is 1330. The SMILES string of the molecule is COc1cc(NC(=O)C(Sc2cccc(NC(=S)Nc3ccccc3)c2)c2ccccc2)cc(OC)c1. The summed E-state index contributed by atoms with van der Waals surface area (Å²) in [4.78, 5) is 14.4. The van der Waals surface area contributed by atoms with Crippen molar-refractivity contribution < 1.29 is 14.3 Å². The van der Waals surface area contributed by atoms with Crippen LogP contribution in [-0.4, -0.2) is 25.2 Å². The molecule has 0 bridgehead atoms. The Morgan fingerprint density at radius 1 is 0.703 bits per heavy atom. The van der Waals surface area contributed by atoms with Crippen LogP contribution in [0, 0.1) is 0 Å². The zero-order valence-electron chi connectivity index (χ0n) is 20.4. The van der Waals surface area contributed by atoms with Crippen LogP contribution in [0.4, 0.5) is 17.1 Å². The molecule has 4 aromatic carbocycles. The number of anilines is 3. The van der Waals surface area contributed by atoms with Crippen molar-refractivity contribution in [3.8, 4) is 11.5 Å². The molecular weight excluding hydrogens is 502 g/mol. The maximum absolute atomic E-state index is 13.5. The highest BCUT2D eigenvalue weighted by atomic mass is 32.2. The van der Waals surface area contributed by atoms with Crippen molar-refractivity contribution in [3.63, 3.8) is 0 Å². The van der Waals surface area contributed by atoms with Gasteiger partial charge in [0.25, 0.3) is 0 Å². The summed E-state index contributed by atoms with van der Waals surface area (Å²) in [5, 5.41) is 9.39. The number of thioether (sulfide) groups is 1. The van der Waals surface area contributed by atoms with Crippen LogP contribution in [0.15, 0.2) is 108 Å². The van der Waals surface area contributed by atoms with Gasteiger partial charge in [-0.25, -0.2) is 0 Å². The molecule has 0 heterocycles. The summed E-state index contributed by atoms with van der Waals surface area (Å²) in [6.07, 6.45) is 0. The highest BCUT2D eigenvalue weighted by Crippen LogP contribution is 2.38. The van der Waals surface area contributed by atoms with Gasteiger partial charge < -0.3 is 25.4 Å². The number of thiocarbonyl (C=S) groups is 1. The number of para-hydroxylation sites is 1. The van der Waals surface area contributed by atoms with Crippen molar-refractivity contribution >= 4 is 52.1 Å². The zero-order chi connectivity index (χ0) is 26.0. The second-order valence-electron chi connectivity index (χ2n) is 7.97. The van der Waals surface area contributed by atoms with Crippen LogP contribution in [0.25, 0.3) is 0 Å². The molecule has 1 unspecified atom stereocenters. The van der Waals surface area contributed by atoms with Gasteiger partial charge in [0.15, 0.2) is 5.11 Å². The first-order valence-electron chi connectivity index (χ1n) is 11.5. The van der Waals surface area contributed by atoms with E-state index in [4.69, 9.17) is 21.7 Å². The van der Waals surface area contributed by atoms with Crippen LogP contribution in [-0.2, 0) is 4.79 Å². The molecule has 3 N–H and O–H groups in total. The number of carbonyl (C=O) groups is 1. The standard InChI is InChI=1S/C29H27N3O3S2/c1-34-24-16-23(17-25(19-24)35-2)30-28(33)27(20-10-5-3-6-11-20)37-26-15-9-14-22(18-26)32-29(36)31-21-12-7-4-8-13-21/h3-19,27H,1-2H3,(H,30,33)(H2,31,32,36). The van der Waals surface area contributed by atoms with Crippen LogP contribution in [0.2, 0.25) is 0 Å². The third kappa shape index (κ3) is 7.49. The average molecular weight is 530 g/mol. The van der Waals surface area contributed by atoms with Crippen molar-refractivity contribution in [1.82, 2.24) is 0 Å². The zero-order valence-corrected chi connectivity index (χ0v) is 22.1. The fourth-order valence-corrected chi connectivity index (χ4v) is 4.91. The van der Waals surface area contributed by atoms with Gasteiger partial charge in [0.05, 0.1) is 14.2 Å². The summed E-state index contributed by atoms with van der Waals surface area (Å²) in [6, 6.07) is 32.5. The molecule has 0 aliphatic rings. The molecule has 0 radical (unpaired) electrons. The van der Waals surface area contributed by atoms with Gasteiger partial charge in [-0.3, -0.25) is 4.79 Å². The lowest BCUT2D eigenvalue weighted by molar-refractivity contribution is -0.115. The van der Waals surface area contributed by atoms with E-state index < -0.39 is 5.25 Å². The minimum absolute atomic E-state index is 0.161. The van der Waals surface area contributed by atoms with E-state index in [9.17, 15) is 4.79 Å². The largest absolute Gasteiger partial charge is 0.497 e. The van der Waals surface area contributed by atoms with Gasteiger partial charge in [-0.15, -0.1) is 11.8 Å². The van der Waals surface area contributed by atoms with Gasteiger partial charge in [0.2, 0.25) is 5.91 Å². The van der Waals surface area contributed by atoms with Crippen LogP contribution in [0.1, 0.15) is 10.8 Å². The smallest absolute Gasteiger partial charge is 0.242 e. The summed E-state index contributed by atoms with van der Waals surface area (Å²) in [7, 11) is 3.15. The first-order chi connectivity index (χ1) is 18.0. The van der Waals surface area contributed by atoms with Gasteiger partial charge in [0.1, 0.15) is 16.7 Å². The molecule has 1 amide bonds. The number of hydrogen-bond donors (Lipinski definition) is 3. The van der Waals surface area contributed by atoms with Gasteiger partial charge in [0, 0.05) is 40.2 Å². The average Bonchev–Trinajstić information content (AvgIpc) is 2.92. The molecule has 1 atom stereocenters. The molecule has 0 spiro atoms. The van der Waals surface area contributed by atoms with E-state index in [-0.39, 0.29) is 5.91 Å². The Labute approximate surface area is 226 Å². The first kappa shape index (κ1) is 26.1. The molecule has 188 valence electrons. The second-order valence-corrected chi connectivity index (χ2v) is 9.56. The summed E-state index contributed by atoms with van der Waals surface area (Å²) in [6.45, 7) is 0. The Balaban J connectivity index is 1.52. The van der Waals surface area contributed by atoms with Gasteiger partial charge in [-0.05, 0) is 48.1 Å². The first-order valence-corrected chi connectivity index (χ1v) is 12.8. The van der Waals surface area contributed by atoms with Crippen molar-refractivity contribution in [3.05, 3.63) is 109 Å². The predicted octanol–water partition coefficient (Wildman–Crippen LogP) is 6.98. The molecular formula is C29H27N3O3S2. The lowest BCUT2D eigenvalue weighted by Gasteiger charge is -2.18. The van der Waals surface area contributed by atoms with Crippen LogP contribution in [0.5, 0.6) is 11.5 Å². The Morgan fingerprint density at radius 3 is 1.95 bits per heavy atom. The highest BCUT2D eigenvalue weighted by Gasteiger charge is 2.23. The molecule has 4 aromatic rings. The Hall–Kier alpha value is -4.01. The molecule has 0 aliphatic carbocycles. The number of ether oxygens (including phenoxy) is 2. The van der Waals surface area contributed by atoms with E-state index in [1.807, 2.05) is 84.9 Å². The van der Waals surface area contributed by atoms with E-state index in [0.717, 1.165) is 21.8 Å². The lowest BCUT2D eigenvalue weighted by atomic mass is 10.1. The molecule has 4 rings (SSSR count). The number of amides is 1. The summed E-state index contributed by atoms with van der Waals surface area (Å²) >= 11 is 6.92. The maximum Gasteiger partial charge on any atom is 0.242 e. The Morgan fingerprint density at radius 2 is 1.30 bits per heavy atom. The van der Waals surface area contributed by atoms with Crippen molar-refractivity contribution in [2.45, 2.75) is 10.1 Å². The monoisotopic (exact) mass is 529 g/mol. The van der Waals surface area contributed by atoms with E-state index in [2.05, 4.69) is 16.0 Å². The molecule has 0 saturated heterocycles. The van der Waals surface area contributed by atoms with Gasteiger partial charge in [-0.1, -0.05) is 54.6 Å². The van der Waals surface area contributed by atoms with Crippen molar-refractivity contribution in [2.24, 2.45) is 0 Å². The fourth-order valence-electron chi connectivity index (χ4n) is 3.59. The van der Waals surface area contributed by atoms with E-state index in [1.54, 1.807) is 32.4 Å². The van der Waals surface area contributed by atoms with Crippen LogP contribution in [0.3, 0.4) is 0 Å². The number of methoxy groups -OCH3 is 2. The Kier molecular flexibility index (Phi) is 9.02. The molecule has 8 heteroatoms. The topological polar surface area (TPSA) is 71.6 Å². The maximum atomic E-state index is 13.5. The van der Waals surface area contributed by atoms with Crippen LogP contribution < -0.4 is 25.4 Å². The molecule has 6 nitrogen and oxygen atoms in total. The second kappa shape index (κ2) is 12.8. The number of rotatable bonds is 9. The molecule has 0 aromatic heterocycles. The molecule has 0 fully saturated rings. The minimum Gasteiger partial charge on any atom is -0.497 e. The molecule has 0 aliphatic heterocycles. The third-order valence-electron chi connectivity index (χ3n) is 5.34.